The molecule has 1 aliphatic rings. The van der Waals surface area contributed by atoms with E-state index in [1.807, 2.05) is 46.8 Å². The summed E-state index contributed by atoms with van der Waals surface area (Å²) >= 11 is 6.05. The number of halogens is 1. The van der Waals surface area contributed by atoms with Crippen molar-refractivity contribution < 1.29 is 9.53 Å². The zero-order valence-electron chi connectivity index (χ0n) is 13.9. The highest BCUT2D eigenvalue weighted by molar-refractivity contribution is 6.32. The number of aliphatic imine (C=N–C) groups is 1. The third kappa shape index (κ3) is 5.88. The molecule has 1 heterocycles. The molecule has 3 nitrogen and oxygen atoms in total. The SMILES string of the molecule is C/C=C(Cl)\C(C)=C/C1=NC(CC)=C(C(=O)OCC)C1.CC. The number of nitrogens with zero attached hydrogens (tertiary/aromatic N) is 1. The minimum absolute atomic E-state index is 0.263. The van der Waals surface area contributed by atoms with Crippen LogP contribution >= 0.6 is 11.6 Å². The lowest BCUT2D eigenvalue weighted by molar-refractivity contribution is -0.138. The van der Waals surface area contributed by atoms with Crippen LogP contribution in [0.3, 0.4) is 0 Å². The Kier molecular flexibility index (Phi) is 9.72. The Hall–Kier alpha value is -1.35. The van der Waals surface area contributed by atoms with Crippen LogP contribution in [-0.2, 0) is 9.53 Å². The molecule has 1 aliphatic heterocycles. The molecule has 21 heavy (non-hydrogen) atoms. The molecule has 0 fully saturated rings. The summed E-state index contributed by atoms with van der Waals surface area (Å²) in [6.07, 6.45) is 5.00. The number of esters is 1. The van der Waals surface area contributed by atoms with Crippen molar-refractivity contribution in [2.75, 3.05) is 6.61 Å². The number of ether oxygens (including phenoxy) is 1. The summed E-state index contributed by atoms with van der Waals surface area (Å²) in [5.74, 6) is -0.263. The number of carbonyl (C=O) groups is 1. The molecule has 0 N–H and O–H groups in total. The van der Waals surface area contributed by atoms with E-state index in [0.717, 1.165) is 23.4 Å². The molecule has 4 heteroatoms. The van der Waals surface area contributed by atoms with Crippen LogP contribution in [-0.4, -0.2) is 18.3 Å². The number of carbonyl (C=O) groups excluding carboxylic acids is 1. The molecule has 0 aromatic heterocycles. The molecule has 0 unspecified atom stereocenters. The number of hydrogen-bond acceptors (Lipinski definition) is 3. The molecule has 118 valence electrons. The first-order valence-electron chi connectivity index (χ1n) is 7.50. The second kappa shape index (κ2) is 10.4. The van der Waals surface area contributed by atoms with E-state index in [0.29, 0.717) is 23.6 Å². The van der Waals surface area contributed by atoms with Crippen molar-refractivity contribution in [2.24, 2.45) is 4.99 Å². The van der Waals surface area contributed by atoms with Crippen molar-refractivity contribution >= 4 is 23.3 Å². The van der Waals surface area contributed by atoms with Crippen LogP contribution in [0.25, 0.3) is 0 Å². The highest BCUT2D eigenvalue weighted by Crippen LogP contribution is 2.25. The summed E-state index contributed by atoms with van der Waals surface area (Å²) < 4.78 is 5.05. The zero-order valence-corrected chi connectivity index (χ0v) is 14.7. The van der Waals surface area contributed by atoms with Gasteiger partial charge in [-0.25, -0.2) is 4.79 Å². The van der Waals surface area contributed by atoms with Crippen molar-refractivity contribution in [1.29, 1.82) is 0 Å². The monoisotopic (exact) mass is 311 g/mol. The maximum atomic E-state index is 11.8. The van der Waals surface area contributed by atoms with Crippen LogP contribution in [0.4, 0.5) is 0 Å². The minimum atomic E-state index is -0.263. The quantitative estimate of drug-likeness (QED) is 0.518. The summed E-state index contributed by atoms with van der Waals surface area (Å²) in [4.78, 5) is 16.3. The number of rotatable bonds is 5. The van der Waals surface area contributed by atoms with Gasteiger partial charge in [-0.15, -0.1) is 0 Å². The van der Waals surface area contributed by atoms with Crippen LogP contribution in [0.15, 0.2) is 39.0 Å². The summed E-state index contributed by atoms with van der Waals surface area (Å²) in [5.41, 5.74) is 3.29. The van der Waals surface area contributed by atoms with Gasteiger partial charge in [0, 0.05) is 17.2 Å². The van der Waals surface area contributed by atoms with Crippen LogP contribution in [0.5, 0.6) is 0 Å². The average Bonchev–Trinajstić information content (AvgIpc) is 2.91. The third-order valence-corrected chi connectivity index (χ3v) is 3.37. The molecule has 0 atom stereocenters. The normalized spacial score (nSPS) is 15.5. The van der Waals surface area contributed by atoms with Crippen molar-refractivity contribution in [2.45, 2.75) is 54.4 Å². The van der Waals surface area contributed by atoms with E-state index >= 15 is 0 Å². The summed E-state index contributed by atoms with van der Waals surface area (Å²) in [6.45, 7) is 12.0. The van der Waals surface area contributed by atoms with Crippen LogP contribution in [0, 0.1) is 0 Å². The van der Waals surface area contributed by atoms with E-state index in [1.165, 1.54) is 0 Å². The molecule has 0 aliphatic carbocycles. The Labute approximate surface area is 133 Å². The Morgan fingerprint density at radius 2 is 2.00 bits per heavy atom. The predicted octanol–water partition coefficient (Wildman–Crippen LogP) is 5.17. The maximum Gasteiger partial charge on any atom is 0.336 e. The molecule has 0 bridgehead atoms. The van der Waals surface area contributed by atoms with Gasteiger partial charge in [-0.05, 0) is 38.8 Å². The fourth-order valence-corrected chi connectivity index (χ4v) is 1.95. The Morgan fingerprint density at radius 3 is 2.48 bits per heavy atom. The second-order valence-electron chi connectivity index (χ2n) is 4.24. The van der Waals surface area contributed by atoms with Gasteiger partial charge < -0.3 is 4.74 Å². The summed E-state index contributed by atoms with van der Waals surface area (Å²) in [6, 6.07) is 0. The fourth-order valence-electron chi connectivity index (χ4n) is 1.89. The van der Waals surface area contributed by atoms with Crippen LogP contribution < -0.4 is 0 Å². The molecular weight excluding hydrogens is 286 g/mol. The molecule has 1 rings (SSSR count). The molecule has 0 amide bonds. The largest absolute Gasteiger partial charge is 0.463 e. The lowest BCUT2D eigenvalue weighted by Gasteiger charge is -2.03. The standard InChI is InChI=1S/C15H20ClNO2.C2H6/c1-5-13(16)10(4)8-11-9-12(14(6-2)17-11)15(18)19-7-3;1-2/h5,8H,6-7,9H2,1-4H3;1-2H3/b10-8-,13-5+;. The molecule has 0 saturated heterocycles. The average molecular weight is 312 g/mol. The lowest BCUT2D eigenvalue weighted by Crippen LogP contribution is -2.09. The van der Waals surface area contributed by atoms with Crippen LogP contribution in [0.1, 0.15) is 54.4 Å². The molecule has 0 aromatic carbocycles. The van der Waals surface area contributed by atoms with Crippen LogP contribution in [0.2, 0.25) is 0 Å². The van der Waals surface area contributed by atoms with E-state index < -0.39 is 0 Å². The third-order valence-electron chi connectivity index (χ3n) is 2.85. The first kappa shape index (κ1) is 19.7. The van der Waals surface area contributed by atoms with E-state index in [9.17, 15) is 4.79 Å². The summed E-state index contributed by atoms with van der Waals surface area (Å²) in [7, 11) is 0. The van der Waals surface area contributed by atoms with Gasteiger partial charge in [0.2, 0.25) is 0 Å². The first-order valence-corrected chi connectivity index (χ1v) is 7.88. The molecule has 0 saturated carbocycles. The number of allylic oxidation sites excluding steroid dienone is 5. The molecule has 0 aromatic rings. The van der Waals surface area contributed by atoms with Crippen molar-refractivity contribution in [3.8, 4) is 0 Å². The highest BCUT2D eigenvalue weighted by Gasteiger charge is 2.22. The topological polar surface area (TPSA) is 38.7 Å². The van der Waals surface area contributed by atoms with Gasteiger partial charge >= 0.3 is 5.97 Å². The van der Waals surface area contributed by atoms with Gasteiger partial charge in [-0.2, -0.15) is 0 Å². The van der Waals surface area contributed by atoms with Crippen molar-refractivity contribution in [3.05, 3.63) is 34.0 Å². The highest BCUT2D eigenvalue weighted by atomic mass is 35.5. The van der Waals surface area contributed by atoms with Gasteiger partial charge in [0.15, 0.2) is 0 Å². The van der Waals surface area contributed by atoms with E-state index in [1.54, 1.807) is 6.92 Å². The molecule has 0 spiro atoms. The van der Waals surface area contributed by atoms with E-state index in [2.05, 4.69) is 4.99 Å². The molecular formula is C17H26ClNO2. The second-order valence-corrected chi connectivity index (χ2v) is 4.65. The summed E-state index contributed by atoms with van der Waals surface area (Å²) in [5, 5.41) is 0.699. The first-order chi connectivity index (χ1) is 10.0. The van der Waals surface area contributed by atoms with Gasteiger partial charge in [0.1, 0.15) is 0 Å². The van der Waals surface area contributed by atoms with Crippen molar-refractivity contribution in [3.63, 3.8) is 0 Å². The predicted molar refractivity (Wildman–Crippen MR) is 90.7 cm³/mol. The van der Waals surface area contributed by atoms with E-state index in [-0.39, 0.29) is 5.97 Å². The van der Waals surface area contributed by atoms with Gasteiger partial charge in [0.05, 0.1) is 17.9 Å². The van der Waals surface area contributed by atoms with Gasteiger partial charge in [-0.1, -0.05) is 38.4 Å². The number of hydrogen-bond donors (Lipinski definition) is 0. The molecule has 0 radical (unpaired) electrons. The maximum absolute atomic E-state index is 11.8. The Bertz CT molecular complexity index is 485. The van der Waals surface area contributed by atoms with E-state index in [4.69, 9.17) is 16.3 Å². The minimum Gasteiger partial charge on any atom is -0.463 e. The zero-order chi connectivity index (χ0) is 16.4. The Balaban J connectivity index is 0.00000191. The fraction of sp³-hybridized carbons (Fsp3) is 0.529. The van der Waals surface area contributed by atoms with Gasteiger partial charge in [-0.3, -0.25) is 4.99 Å². The Morgan fingerprint density at radius 1 is 1.38 bits per heavy atom. The van der Waals surface area contributed by atoms with Gasteiger partial charge in [0.25, 0.3) is 0 Å². The van der Waals surface area contributed by atoms with Crippen molar-refractivity contribution in [1.82, 2.24) is 0 Å². The smallest absolute Gasteiger partial charge is 0.336 e. The lowest BCUT2D eigenvalue weighted by atomic mass is 10.1.